The zero-order chi connectivity index (χ0) is 15.7. The molecule has 0 unspecified atom stereocenters. The van der Waals surface area contributed by atoms with Crippen molar-refractivity contribution in [2.24, 2.45) is 10.2 Å². The summed E-state index contributed by atoms with van der Waals surface area (Å²) in [5.74, 6) is 0. The van der Waals surface area contributed by atoms with E-state index in [0.717, 1.165) is 42.8 Å². The molecule has 0 spiro atoms. The van der Waals surface area contributed by atoms with Crippen molar-refractivity contribution in [3.05, 3.63) is 30.1 Å². The molecule has 8 heteroatoms. The van der Waals surface area contributed by atoms with E-state index in [4.69, 9.17) is 0 Å². The fourth-order valence-electron chi connectivity index (χ4n) is 1.83. The summed E-state index contributed by atoms with van der Waals surface area (Å²) in [6.45, 7) is 5.95. The van der Waals surface area contributed by atoms with Crippen molar-refractivity contribution in [2.45, 2.75) is 6.92 Å². The number of amidine groups is 1. The standard InChI is InChI=1S/C13H19N5S.ClH.Cu/c1-11(12-5-3-4-6-14-12)15-16-13(19)18-9-7-17(2)8-10-18;;/h3-6H,7-10H2,1-2H3,(H,16,19);1H;/q;;+2. The summed E-state index contributed by atoms with van der Waals surface area (Å²) in [7, 11) is 6.33. The Morgan fingerprint density at radius 3 is 2.48 bits per heavy atom. The minimum atomic E-state index is 0.781. The number of hydrogen-bond acceptors (Lipinski definition) is 4. The van der Waals surface area contributed by atoms with Crippen LogP contribution in [-0.4, -0.2) is 58.9 Å². The van der Waals surface area contributed by atoms with E-state index in [0.29, 0.717) is 0 Å². The Bertz CT molecular complexity index is 475. The molecule has 1 saturated heterocycles. The molecular weight excluding hydrogens is 357 g/mol. The maximum absolute atomic E-state index is 4.24. The number of nitrogens with zero attached hydrogens (tertiary/aromatic N) is 5. The molecule has 1 aromatic rings. The Morgan fingerprint density at radius 2 is 1.90 bits per heavy atom. The number of rotatable bonds is 2. The van der Waals surface area contributed by atoms with Gasteiger partial charge in [0.05, 0.1) is 11.4 Å². The van der Waals surface area contributed by atoms with Crippen LogP contribution in [0.4, 0.5) is 0 Å². The van der Waals surface area contributed by atoms with Crippen LogP contribution in [0.3, 0.4) is 0 Å². The molecule has 119 valence electrons. The molecular formula is C13H20ClCuN5S+2. The van der Waals surface area contributed by atoms with Gasteiger partial charge in [0, 0.05) is 45.0 Å². The van der Waals surface area contributed by atoms with Gasteiger partial charge in [-0.3, -0.25) is 4.98 Å². The predicted octanol–water partition coefficient (Wildman–Crippen LogP) is 1.11. The van der Waals surface area contributed by atoms with Crippen molar-refractivity contribution in [3.63, 3.8) is 0 Å². The van der Waals surface area contributed by atoms with Crippen LogP contribution in [0, 0.1) is 0 Å². The second-order valence-corrected chi connectivity index (χ2v) is 5.06. The molecule has 0 radical (unpaired) electrons. The van der Waals surface area contributed by atoms with Crippen LogP contribution in [0.2, 0.25) is 0 Å². The second kappa shape index (κ2) is 10.2. The van der Waals surface area contributed by atoms with Gasteiger partial charge in [-0.05, 0) is 26.1 Å². The average Bonchev–Trinajstić information content (AvgIpc) is 2.55. The number of hydrogen-bond donors (Lipinski definition) is 0. The van der Waals surface area contributed by atoms with E-state index in [1.54, 1.807) is 6.20 Å². The number of aromatic nitrogens is 1. The molecule has 2 heterocycles. The summed E-state index contributed by atoms with van der Waals surface area (Å²) in [6.07, 6.45) is 1.76. The van der Waals surface area contributed by atoms with Crippen molar-refractivity contribution >= 4 is 33.6 Å². The van der Waals surface area contributed by atoms with Gasteiger partial charge in [0.25, 0.3) is 0 Å². The zero-order valence-electron chi connectivity index (χ0n) is 12.1. The molecule has 1 aliphatic heterocycles. The fourth-order valence-corrected chi connectivity index (χ4v) is 2.11. The Morgan fingerprint density at radius 1 is 1.24 bits per heavy atom. The molecule has 0 bridgehead atoms. The van der Waals surface area contributed by atoms with Crippen LogP contribution >= 0.6 is 10.1 Å². The molecule has 0 aliphatic carbocycles. The van der Waals surface area contributed by atoms with Gasteiger partial charge in [0.2, 0.25) is 0 Å². The molecule has 0 N–H and O–H groups in total. The van der Waals surface area contributed by atoms with Gasteiger partial charge < -0.3 is 9.80 Å². The van der Waals surface area contributed by atoms with Gasteiger partial charge in [0.15, 0.2) is 0 Å². The van der Waals surface area contributed by atoms with Crippen LogP contribution in [0.25, 0.3) is 0 Å². The first kappa shape index (κ1) is 18.5. The van der Waals surface area contributed by atoms with E-state index >= 15 is 0 Å². The summed E-state index contributed by atoms with van der Waals surface area (Å²) in [5.41, 5.74) is 1.66. The second-order valence-electron chi connectivity index (χ2n) is 4.61. The van der Waals surface area contributed by atoms with Crippen molar-refractivity contribution < 1.29 is 15.1 Å². The van der Waals surface area contributed by atoms with Crippen molar-refractivity contribution in [1.29, 1.82) is 0 Å². The Balaban J connectivity index is 0.00000106. The third kappa shape index (κ3) is 6.36. The van der Waals surface area contributed by atoms with Gasteiger partial charge in [-0.1, -0.05) is 11.2 Å². The molecule has 0 aromatic carbocycles. The van der Waals surface area contributed by atoms with Gasteiger partial charge in [-0.25, -0.2) is 0 Å². The van der Waals surface area contributed by atoms with Crippen LogP contribution in [-0.2, 0) is 27.7 Å². The normalized spacial score (nSPS) is 17.3. The van der Waals surface area contributed by atoms with E-state index in [1.165, 1.54) is 0 Å². The third-order valence-corrected chi connectivity index (χ3v) is 3.55. The van der Waals surface area contributed by atoms with Crippen LogP contribution < -0.4 is 0 Å². The summed E-state index contributed by atoms with van der Waals surface area (Å²) >= 11 is 7.20. The first-order chi connectivity index (χ1) is 10.2. The number of pyridine rings is 1. The Kier molecular flexibility index (Phi) is 8.96. The van der Waals surface area contributed by atoms with Crippen molar-refractivity contribution in [1.82, 2.24) is 14.8 Å². The van der Waals surface area contributed by atoms with E-state index in [-0.39, 0.29) is 0 Å². The average molecular weight is 377 g/mol. The zero-order valence-corrected chi connectivity index (χ0v) is 14.8. The van der Waals surface area contributed by atoms with Gasteiger partial charge in [-0.2, -0.15) is 0 Å². The number of halogens is 1. The van der Waals surface area contributed by atoms with Gasteiger partial charge >= 0.3 is 30.4 Å². The molecule has 1 fully saturated rings. The van der Waals surface area contributed by atoms with Crippen molar-refractivity contribution in [3.8, 4) is 0 Å². The Labute approximate surface area is 143 Å². The van der Waals surface area contributed by atoms with E-state index < -0.39 is 0 Å². The topological polar surface area (TPSA) is 44.1 Å². The molecule has 21 heavy (non-hydrogen) atoms. The van der Waals surface area contributed by atoms with Gasteiger partial charge in [0.1, 0.15) is 0 Å². The quantitative estimate of drug-likeness (QED) is 0.255. The number of likely N-dealkylation sites (N-methyl/N-ethyl adjacent to an activating group) is 1. The molecule has 5 nitrogen and oxygen atoms in total. The van der Waals surface area contributed by atoms with Gasteiger partial charge in [-0.15, -0.1) is 5.10 Å². The first-order valence-electron chi connectivity index (χ1n) is 6.47. The SMILES string of the molecule is CC(=NN=C([SH2+])N1CCN(C)CC1)c1ccccn1.[Cl][Cu+]. The van der Waals surface area contributed by atoms with Crippen LogP contribution in [0.1, 0.15) is 12.6 Å². The summed E-state index contributed by atoms with van der Waals surface area (Å²) in [5, 5.41) is 9.24. The summed E-state index contributed by atoms with van der Waals surface area (Å²) in [4.78, 5) is 8.73. The molecule has 0 saturated carbocycles. The summed E-state index contributed by atoms with van der Waals surface area (Å²) < 4.78 is 0. The van der Waals surface area contributed by atoms with E-state index in [9.17, 15) is 0 Å². The molecule has 2 rings (SSSR count). The van der Waals surface area contributed by atoms with E-state index in [1.807, 2.05) is 25.1 Å². The molecule has 0 atom stereocenters. The predicted molar refractivity (Wildman–Crippen MR) is 89.0 cm³/mol. The maximum atomic E-state index is 4.24. The Hall–Kier alpha value is -0.591. The van der Waals surface area contributed by atoms with Crippen LogP contribution in [0.15, 0.2) is 34.6 Å². The summed E-state index contributed by atoms with van der Waals surface area (Å²) in [6, 6.07) is 5.76. The molecule has 1 aliphatic rings. The molecule has 1 aromatic heterocycles. The van der Waals surface area contributed by atoms with Crippen molar-refractivity contribution in [2.75, 3.05) is 33.2 Å². The molecule has 0 amide bonds. The number of piperazine rings is 1. The first-order valence-corrected chi connectivity index (χ1v) is 8.26. The van der Waals surface area contributed by atoms with E-state index in [2.05, 4.69) is 69.9 Å². The minimum absolute atomic E-state index is 0.781. The van der Waals surface area contributed by atoms with Crippen LogP contribution in [0.5, 0.6) is 0 Å². The third-order valence-electron chi connectivity index (χ3n) is 3.13. The fraction of sp³-hybridized carbons (Fsp3) is 0.462. The monoisotopic (exact) mass is 376 g/mol.